The van der Waals surface area contributed by atoms with Gasteiger partial charge < -0.3 is 20.1 Å². The Kier molecular flexibility index (Phi) is 7.34. The van der Waals surface area contributed by atoms with Crippen LogP contribution in [0.5, 0.6) is 5.75 Å². The fourth-order valence-electron chi connectivity index (χ4n) is 1.77. The molecule has 6 nitrogen and oxygen atoms in total. The number of aliphatic carboxylic acids is 1. The topological polar surface area (TPSA) is 78.9 Å². The highest BCUT2D eigenvalue weighted by atomic mass is 19.4. The molecule has 0 spiro atoms. The molecular weight excluding hydrogens is 329 g/mol. The van der Waals surface area contributed by atoms with Gasteiger partial charge in [0, 0.05) is 26.6 Å². The minimum atomic E-state index is -4.39. The van der Waals surface area contributed by atoms with Crippen LogP contribution in [0.25, 0.3) is 0 Å². The average Bonchev–Trinajstić information content (AvgIpc) is 2.49. The summed E-state index contributed by atoms with van der Waals surface area (Å²) in [5.41, 5.74) is 0.720. The number of rotatable bonds is 8. The highest BCUT2D eigenvalue weighted by Gasteiger charge is 2.28. The first-order chi connectivity index (χ1) is 11.2. The quantitative estimate of drug-likeness (QED) is 0.708. The molecule has 1 aromatic carbocycles. The highest BCUT2D eigenvalue weighted by molar-refractivity contribution is 5.74. The first kappa shape index (κ1) is 19.6. The molecule has 24 heavy (non-hydrogen) atoms. The van der Waals surface area contributed by atoms with Crippen LogP contribution in [0.15, 0.2) is 24.3 Å². The first-order valence-electron chi connectivity index (χ1n) is 7.16. The van der Waals surface area contributed by atoms with Crippen molar-refractivity contribution < 1.29 is 32.6 Å². The standard InChI is InChI=1S/C15H19F3N2O4/c1-20(14(23)19-8-2-3-13(21)22)9-11-4-6-12(7-5-11)24-10-15(16,17)18/h4-7H,2-3,8-10H2,1H3,(H,19,23)(H,21,22). The molecule has 1 aromatic rings. The van der Waals surface area contributed by atoms with E-state index in [0.717, 1.165) is 5.56 Å². The lowest BCUT2D eigenvalue weighted by molar-refractivity contribution is -0.153. The summed E-state index contributed by atoms with van der Waals surface area (Å²) < 4.78 is 40.7. The van der Waals surface area contributed by atoms with E-state index in [-0.39, 0.29) is 31.3 Å². The Bertz CT molecular complexity index is 547. The summed E-state index contributed by atoms with van der Waals surface area (Å²) in [5, 5.41) is 11.1. The molecular formula is C15H19F3N2O4. The first-order valence-corrected chi connectivity index (χ1v) is 7.16. The zero-order valence-corrected chi connectivity index (χ0v) is 13.1. The normalized spacial score (nSPS) is 11.0. The molecule has 0 unspecified atom stereocenters. The molecule has 134 valence electrons. The third kappa shape index (κ3) is 8.25. The van der Waals surface area contributed by atoms with E-state index in [0.29, 0.717) is 6.42 Å². The Labute approximate surface area is 137 Å². The lowest BCUT2D eigenvalue weighted by Gasteiger charge is -2.18. The van der Waals surface area contributed by atoms with Crippen molar-refractivity contribution in [2.75, 3.05) is 20.2 Å². The van der Waals surface area contributed by atoms with Crippen molar-refractivity contribution in [2.24, 2.45) is 0 Å². The second-order valence-electron chi connectivity index (χ2n) is 5.13. The molecule has 0 aliphatic rings. The molecule has 0 radical (unpaired) electrons. The van der Waals surface area contributed by atoms with Gasteiger partial charge in [-0.3, -0.25) is 4.79 Å². The second kappa shape index (κ2) is 8.99. The highest BCUT2D eigenvalue weighted by Crippen LogP contribution is 2.19. The molecule has 0 fully saturated rings. The number of hydrogen-bond acceptors (Lipinski definition) is 3. The molecule has 9 heteroatoms. The predicted octanol–water partition coefficient (Wildman–Crippen LogP) is 2.63. The van der Waals surface area contributed by atoms with E-state index < -0.39 is 18.8 Å². The van der Waals surface area contributed by atoms with E-state index in [2.05, 4.69) is 10.1 Å². The van der Waals surface area contributed by atoms with Crippen molar-refractivity contribution in [3.05, 3.63) is 29.8 Å². The minimum absolute atomic E-state index is 0.0244. The van der Waals surface area contributed by atoms with Crippen molar-refractivity contribution in [2.45, 2.75) is 25.6 Å². The lowest BCUT2D eigenvalue weighted by Crippen LogP contribution is -2.37. The SMILES string of the molecule is CN(Cc1ccc(OCC(F)(F)F)cc1)C(=O)NCCCC(=O)O. The van der Waals surface area contributed by atoms with Crippen LogP contribution in [0.2, 0.25) is 0 Å². The van der Waals surface area contributed by atoms with E-state index in [1.54, 1.807) is 19.2 Å². The van der Waals surface area contributed by atoms with Gasteiger partial charge in [-0.15, -0.1) is 0 Å². The maximum absolute atomic E-state index is 12.0. The summed E-state index contributed by atoms with van der Waals surface area (Å²) in [4.78, 5) is 23.5. The van der Waals surface area contributed by atoms with Crippen molar-refractivity contribution >= 4 is 12.0 Å². The van der Waals surface area contributed by atoms with Crippen molar-refractivity contribution in [1.82, 2.24) is 10.2 Å². The monoisotopic (exact) mass is 348 g/mol. The number of carbonyl (C=O) groups excluding carboxylic acids is 1. The summed E-state index contributed by atoms with van der Waals surface area (Å²) in [5.74, 6) is -0.831. The van der Waals surface area contributed by atoms with E-state index in [9.17, 15) is 22.8 Å². The maximum atomic E-state index is 12.0. The Morgan fingerprint density at radius 2 is 1.88 bits per heavy atom. The molecule has 2 amide bonds. The van der Waals surface area contributed by atoms with Gasteiger partial charge in [-0.2, -0.15) is 13.2 Å². The summed E-state index contributed by atoms with van der Waals surface area (Å²) in [6.45, 7) is -0.852. The molecule has 0 aromatic heterocycles. The molecule has 1 rings (SSSR count). The largest absolute Gasteiger partial charge is 0.484 e. The van der Waals surface area contributed by atoms with Crippen LogP contribution in [0.3, 0.4) is 0 Å². The Morgan fingerprint density at radius 1 is 1.25 bits per heavy atom. The summed E-state index contributed by atoms with van der Waals surface area (Å²) in [6, 6.07) is 5.58. The summed E-state index contributed by atoms with van der Waals surface area (Å²) in [7, 11) is 1.56. The van der Waals surface area contributed by atoms with Gasteiger partial charge in [0.05, 0.1) is 0 Å². The predicted molar refractivity (Wildman–Crippen MR) is 79.7 cm³/mol. The Morgan fingerprint density at radius 3 is 2.42 bits per heavy atom. The molecule has 0 atom stereocenters. The van der Waals surface area contributed by atoms with Gasteiger partial charge in [0.1, 0.15) is 5.75 Å². The Balaban J connectivity index is 2.39. The van der Waals surface area contributed by atoms with Crippen LogP contribution in [-0.2, 0) is 11.3 Å². The zero-order valence-electron chi connectivity index (χ0n) is 13.1. The average molecular weight is 348 g/mol. The number of alkyl halides is 3. The van der Waals surface area contributed by atoms with Crippen LogP contribution in [0.1, 0.15) is 18.4 Å². The molecule has 0 saturated carbocycles. The van der Waals surface area contributed by atoms with Gasteiger partial charge in [0.25, 0.3) is 0 Å². The van der Waals surface area contributed by atoms with Gasteiger partial charge in [0.15, 0.2) is 6.61 Å². The van der Waals surface area contributed by atoms with Crippen LogP contribution < -0.4 is 10.1 Å². The number of hydrogen-bond donors (Lipinski definition) is 2. The zero-order chi connectivity index (χ0) is 18.2. The van der Waals surface area contributed by atoms with Crippen molar-refractivity contribution in [3.63, 3.8) is 0 Å². The van der Waals surface area contributed by atoms with Crippen LogP contribution in [0, 0.1) is 0 Å². The number of benzene rings is 1. The third-order valence-electron chi connectivity index (χ3n) is 2.94. The van der Waals surface area contributed by atoms with Crippen LogP contribution >= 0.6 is 0 Å². The van der Waals surface area contributed by atoms with E-state index >= 15 is 0 Å². The molecule has 0 saturated heterocycles. The number of nitrogens with zero attached hydrogens (tertiary/aromatic N) is 1. The number of urea groups is 1. The van der Waals surface area contributed by atoms with Gasteiger partial charge in [-0.1, -0.05) is 12.1 Å². The summed E-state index contributed by atoms with van der Waals surface area (Å²) in [6.07, 6.45) is -4.08. The molecule has 0 bridgehead atoms. The fourth-order valence-corrected chi connectivity index (χ4v) is 1.77. The smallest absolute Gasteiger partial charge is 0.422 e. The number of ether oxygens (including phenoxy) is 1. The fraction of sp³-hybridized carbons (Fsp3) is 0.467. The maximum Gasteiger partial charge on any atom is 0.422 e. The van der Waals surface area contributed by atoms with Gasteiger partial charge in [0.2, 0.25) is 0 Å². The van der Waals surface area contributed by atoms with E-state index in [4.69, 9.17) is 5.11 Å². The number of carbonyl (C=O) groups is 2. The number of carboxylic acid groups (broad SMARTS) is 1. The Hall–Kier alpha value is -2.45. The number of halogens is 3. The summed E-state index contributed by atoms with van der Waals surface area (Å²) >= 11 is 0. The molecule has 2 N–H and O–H groups in total. The van der Waals surface area contributed by atoms with E-state index in [1.165, 1.54) is 17.0 Å². The van der Waals surface area contributed by atoms with Crippen LogP contribution in [-0.4, -0.2) is 48.4 Å². The van der Waals surface area contributed by atoms with Gasteiger partial charge >= 0.3 is 18.2 Å². The van der Waals surface area contributed by atoms with E-state index in [1.807, 2.05) is 0 Å². The second-order valence-corrected chi connectivity index (χ2v) is 5.13. The lowest BCUT2D eigenvalue weighted by atomic mass is 10.2. The molecule has 0 aliphatic heterocycles. The molecule has 0 aliphatic carbocycles. The third-order valence-corrected chi connectivity index (χ3v) is 2.94. The van der Waals surface area contributed by atoms with Gasteiger partial charge in [-0.05, 0) is 24.1 Å². The number of nitrogens with one attached hydrogen (secondary N) is 1. The molecule has 0 heterocycles. The number of amides is 2. The number of carboxylic acids is 1. The minimum Gasteiger partial charge on any atom is -0.484 e. The van der Waals surface area contributed by atoms with Crippen molar-refractivity contribution in [1.29, 1.82) is 0 Å². The van der Waals surface area contributed by atoms with Gasteiger partial charge in [-0.25, -0.2) is 4.79 Å². The van der Waals surface area contributed by atoms with Crippen LogP contribution in [0.4, 0.5) is 18.0 Å². The van der Waals surface area contributed by atoms with Crippen molar-refractivity contribution in [3.8, 4) is 5.75 Å².